The molecule has 0 aromatic heterocycles. The highest BCUT2D eigenvalue weighted by molar-refractivity contribution is 6.30. The Morgan fingerprint density at radius 1 is 1.37 bits per heavy atom. The highest BCUT2D eigenvalue weighted by Gasteiger charge is 2.20. The SMILES string of the molecule is NC(=O)C(CNC1CCOCC1)c1ccc(Cl)cc1. The van der Waals surface area contributed by atoms with Crippen LogP contribution in [0.3, 0.4) is 0 Å². The van der Waals surface area contributed by atoms with Gasteiger partial charge in [0.1, 0.15) is 0 Å². The van der Waals surface area contributed by atoms with Crippen molar-refractivity contribution < 1.29 is 9.53 Å². The van der Waals surface area contributed by atoms with Gasteiger partial charge >= 0.3 is 0 Å². The summed E-state index contributed by atoms with van der Waals surface area (Å²) in [5, 5.41) is 4.06. The van der Waals surface area contributed by atoms with Crippen LogP contribution >= 0.6 is 11.6 Å². The first kappa shape index (κ1) is 14.3. The zero-order valence-electron chi connectivity index (χ0n) is 10.8. The van der Waals surface area contributed by atoms with Crippen molar-refractivity contribution in [2.24, 2.45) is 5.73 Å². The zero-order valence-corrected chi connectivity index (χ0v) is 11.5. The summed E-state index contributed by atoms with van der Waals surface area (Å²) in [6, 6.07) is 7.66. The fourth-order valence-electron chi connectivity index (χ4n) is 2.26. The van der Waals surface area contributed by atoms with Crippen molar-refractivity contribution in [2.45, 2.75) is 24.8 Å². The molecule has 1 atom stereocenters. The molecule has 1 aromatic rings. The van der Waals surface area contributed by atoms with Crippen molar-refractivity contribution in [3.05, 3.63) is 34.9 Å². The number of benzene rings is 1. The van der Waals surface area contributed by atoms with Crippen molar-refractivity contribution in [2.75, 3.05) is 19.8 Å². The number of nitrogens with one attached hydrogen (secondary N) is 1. The van der Waals surface area contributed by atoms with Crippen molar-refractivity contribution in [3.8, 4) is 0 Å². The number of halogens is 1. The summed E-state index contributed by atoms with van der Waals surface area (Å²) in [5.74, 6) is -0.637. The quantitative estimate of drug-likeness (QED) is 0.864. The maximum absolute atomic E-state index is 11.6. The largest absolute Gasteiger partial charge is 0.381 e. The third-order valence-electron chi connectivity index (χ3n) is 3.45. The lowest BCUT2D eigenvalue weighted by Gasteiger charge is -2.25. The molecular weight excluding hydrogens is 264 g/mol. The molecule has 0 spiro atoms. The van der Waals surface area contributed by atoms with Crippen LogP contribution in [-0.4, -0.2) is 31.7 Å². The summed E-state index contributed by atoms with van der Waals surface area (Å²) in [7, 11) is 0. The van der Waals surface area contributed by atoms with Gasteiger partial charge in [-0.25, -0.2) is 0 Å². The Hall–Kier alpha value is -1.10. The number of carbonyl (C=O) groups is 1. The Kier molecular flexibility index (Phi) is 5.19. The number of amides is 1. The fourth-order valence-corrected chi connectivity index (χ4v) is 2.39. The van der Waals surface area contributed by atoms with Gasteiger partial charge in [-0.1, -0.05) is 23.7 Å². The topological polar surface area (TPSA) is 64.4 Å². The fraction of sp³-hybridized carbons (Fsp3) is 0.500. The maximum atomic E-state index is 11.6. The van der Waals surface area contributed by atoms with Crippen molar-refractivity contribution in [3.63, 3.8) is 0 Å². The number of primary amides is 1. The van der Waals surface area contributed by atoms with Gasteiger partial charge in [0, 0.05) is 30.8 Å². The molecule has 4 nitrogen and oxygen atoms in total. The van der Waals surface area contributed by atoms with Crippen LogP contribution in [0.15, 0.2) is 24.3 Å². The van der Waals surface area contributed by atoms with E-state index in [1.807, 2.05) is 12.1 Å². The molecule has 2 rings (SSSR count). The molecule has 0 aliphatic carbocycles. The minimum absolute atomic E-state index is 0.318. The van der Waals surface area contributed by atoms with Crippen molar-refractivity contribution in [1.82, 2.24) is 5.32 Å². The summed E-state index contributed by atoms with van der Waals surface area (Å²) in [5.41, 5.74) is 6.39. The number of ether oxygens (including phenoxy) is 1. The van der Waals surface area contributed by atoms with Gasteiger partial charge in [0.15, 0.2) is 0 Å². The standard InChI is InChI=1S/C14H19ClN2O2/c15-11-3-1-10(2-4-11)13(14(16)18)9-17-12-5-7-19-8-6-12/h1-4,12-13,17H,5-9H2,(H2,16,18). The molecule has 1 fully saturated rings. The van der Waals surface area contributed by atoms with Gasteiger partial charge in [0.05, 0.1) is 5.92 Å². The van der Waals surface area contributed by atoms with Gasteiger partial charge in [-0.3, -0.25) is 4.79 Å². The molecule has 3 N–H and O–H groups in total. The average Bonchev–Trinajstić information content (AvgIpc) is 2.42. The Morgan fingerprint density at radius 3 is 2.58 bits per heavy atom. The number of nitrogens with two attached hydrogens (primary N) is 1. The van der Waals surface area contributed by atoms with Crippen LogP contribution in [0.2, 0.25) is 5.02 Å². The van der Waals surface area contributed by atoms with Crippen LogP contribution in [0.4, 0.5) is 0 Å². The summed E-state index contributed by atoms with van der Waals surface area (Å²) in [6.45, 7) is 2.11. The van der Waals surface area contributed by atoms with E-state index in [-0.39, 0.29) is 11.8 Å². The van der Waals surface area contributed by atoms with Gasteiger partial charge in [-0.15, -0.1) is 0 Å². The van der Waals surface area contributed by atoms with Crippen LogP contribution in [-0.2, 0) is 9.53 Å². The molecule has 19 heavy (non-hydrogen) atoms. The monoisotopic (exact) mass is 282 g/mol. The molecule has 1 aromatic carbocycles. The van der Waals surface area contributed by atoms with Crippen LogP contribution < -0.4 is 11.1 Å². The molecule has 0 saturated carbocycles. The van der Waals surface area contributed by atoms with Crippen LogP contribution in [0, 0.1) is 0 Å². The molecule has 5 heteroatoms. The second-order valence-electron chi connectivity index (χ2n) is 4.80. The lowest BCUT2D eigenvalue weighted by molar-refractivity contribution is -0.119. The van der Waals surface area contributed by atoms with E-state index in [9.17, 15) is 4.79 Å². The minimum Gasteiger partial charge on any atom is -0.381 e. The smallest absolute Gasteiger partial charge is 0.226 e. The maximum Gasteiger partial charge on any atom is 0.226 e. The Bertz CT molecular complexity index is 416. The first-order chi connectivity index (χ1) is 9.16. The Morgan fingerprint density at radius 2 is 2.00 bits per heavy atom. The van der Waals surface area contributed by atoms with E-state index >= 15 is 0 Å². The number of hydrogen-bond donors (Lipinski definition) is 2. The lowest BCUT2D eigenvalue weighted by atomic mass is 9.97. The van der Waals surface area contributed by atoms with Gasteiger partial charge in [0.2, 0.25) is 5.91 Å². The summed E-state index contributed by atoms with van der Waals surface area (Å²) in [6.07, 6.45) is 1.96. The predicted octanol–water partition coefficient (Wildman–Crippen LogP) is 1.68. The molecule has 1 saturated heterocycles. The summed E-state index contributed by atoms with van der Waals surface area (Å²) >= 11 is 5.85. The van der Waals surface area contributed by atoms with Crippen molar-refractivity contribution >= 4 is 17.5 Å². The lowest BCUT2D eigenvalue weighted by Crippen LogP contribution is -2.40. The molecular formula is C14H19ClN2O2. The molecule has 0 radical (unpaired) electrons. The predicted molar refractivity (Wildman–Crippen MR) is 75.2 cm³/mol. The van der Waals surface area contributed by atoms with Gasteiger partial charge in [-0.2, -0.15) is 0 Å². The third kappa shape index (κ3) is 4.20. The first-order valence-corrected chi connectivity index (χ1v) is 6.90. The van der Waals surface area contributed by atoms with E-state index in [0.717, 1.165) is 31.6 Å². The summed E-state index contributed by atoms with van der Waals surface area (Å²) < 4.78 is 5.31. The molecule has 1 unspecified atom stereocenters. The highest BCUT2D eigenvalue weighted by atomic mass is 35.5. The van der Waals surface area contributed by atoms with E-state index in [0.29, 0.717) is 17.6 Å². The van der Waals surface area contributed by atoms with E-state index < -0.39 is 0 Å². The van der Waals surface area contributed by atoms with Gasteiger partial charge in [-0.05, 0) is 30.5 Å². The van der Waals surface area contributed by atoms with Crippen LogP contribution in [0.25, 0.3) is 0 Å². The molecule has 1 heterocycles. The Balaban J connectivity index is 1.96. The molecule has 1 amide bonds. The minimum atomic E-state index is -0.319. The highest BCUT2D eigenvalue weighted by Crippen LogP contribution is 2.18. The zero-order chi connectivity index (χ0) is 13.7. The van der Waals surface area contributed by atoms with E-state index in [1.165, 1.54) is 0 Å². The second kappa shape index (κ2) is 6.89. The van der Waals surface area contributed by atoms with Crippen LogP contribution in [0.1, 0.15) is 24.3 Å². The van der Waals surface area contributed by atoms with Crippen LogP contribution in [0.5, 0.6) is 0 Å². The van der Waals surface area contributed by atoms with Crippen molar-refractivity contribution in [1.29, 1.82) is 0 Å². The van der Waals surface area contributed by atoms with Gasteiger partial charge < -0.3 is 15.8 Å². The third-order valence-corrected chi connectivity index (χ3v) is 3.70. The number of hydrogen-bond acceptors (Lipinski definition) is 3. The molecule has 1 aliphatic heterocycles. The van der Waals surface area contributed by atoms with Gasteiger partial charge in [0.25, 0.3) is 0 Å². The van der Waals surface area contributed by atoms with E-state index in [4.69, 9.17) is 22.1 Å². The van der Waals surface area contributed by atoms with E-state index in [2.05, 4.69) is 5.32 Å². The number of carbonyl (C=O) groups excluding carboxylic acids is 1. The summed E-state index contributed by atoms with van der Waals surface area (Å²) in [4.78, 5) is 11.6. The molecule has 0 bridgehead atoms. The average molecular weight is 283 g/mol. The number of rotatable bonds is 5. The normalized spacial score (nSPS) is 18.2. The molecule has 104 valence electrons. The first-order valence-electron chi connectivity index (χ1n) is 6.52. The van der Waals surface area contributed by atoms with E-state index in [1.54, 1.807) is 12.1 Å². The second-order valence-corrected chi connectivity index (χ2v) is 5.24. The Labute approximate surface area is 118 Å². The molecule has 1 aliphatic rings.